The van der Waals surface area contributed by atoms with Crippen LogP contribution in [0.2, 0.25) is 0 Å². The molecule has 1 aromatic carbocycles. The zero-order chi connectivity index (χ0) is 17.9. The van der Waals surface area contributed by atoms with Gasteiger partial charge in [0, 0.05) is 12.2 Å². The van der Waals surface area contributed by atoms with Crippen molar-refractivity contribution in [2.24, 2.45) is 5.92 Å². The highest BCUT2D eigenvalue weighted by atomic mass is 16.6. The molecule has 5 heteroatoms. The highest BCUT2D eigenvalue weighted by Crippen LogP contribution is 2.31. The number of hydrogen-bond acceptors (Lipinski definition) is 4. The van der Waals surface area contributed by atoms with Crippen LogP contribution >= 0.6 is 0 Å². The summed E-state index contributed by atoms with van der Waals surface area (Å²) in [6, 6.07) is 8.77. The van der Waals surface area contributed by atoms with Crippen LogP contribution < -0.4 is 0 Å². The van der Waals surface area contributed by atoms with E-state index in [2.05, 4.69) is 0 Å². The molecule has 0 fully saturated rings. The zero-order valence-electron chi connectivity index (χ0n) is 14.5. The highest BCUT2D eigenvalue weighted by Gasteiger charge is 2.35. The molecular weight excluding hydrogens is 306 g/mol. The number of hydrogen-bond donors (Lipinski definition) is 0. The third-order valence-electron chi connectivity index (χ3n) is 3.73. The number of carbonyl (C=O) groups is 3. The fourth-order valence-corrected chi connectivity index (χ4v) is 2.62. The van der Waals surface area contributed by atoms with E-state index in [0.29, 0.717) is 6.42 Å². The van der Waals surface area contributed by atoms with Crippen LogP contribution in [-0.4, -0.2) is 28.3 Å². The maximum Gasteiger partial charge on any atom is 0.309 e. The normalized spacial score (nSPS) is 17.1. The standard InChI is InChI=1S/C19H23NO4/c1-13(18(23)24-19(2,3)4)12-15(14-8-6-5-7-9-14)20-16(21)10-11-17(20)22/h5-11,13,15H,12H2,1-4H3. The van der Waals surface area contributed by atoms with E-state index in [9.17, 15) is 14.4 Å². The molecule has 2 atom stereocenters. The van der Waals surface area contributed by atoms with Crippen molar-refractivity contribution in [1.29, 1.82) is 0 Å². The van der Waals surface area contributed by atoms with E-state index >= 15 is 0 Å². The summed E-state index contributed by atoms with van der Waals surface area (Å²) < 4.78 is 5.41. The van der Waals surface area contributed by atoms with Gasteiger partial charge in [0.15, 0.2) is 0 Å². The van der Waals surface area contributed by atoms with Crippen molar-refractivity contribution in [3.05, 3.63) is 48.0 Å². The molecule has 1 aliphatic heterocycles. The van der Waals surface area contributed by atoms with Gasteiger partial charge in [0.05, 0.1) is 12.0 Å². The van der Waals surface area contributed by atoms with Crippen LogP contribution in [0.15, 0.2) is 42.5 Å². The van der Waals surface area contributed by atoms with E-state index in [4.69, 9.17) is 4.74 Å². The Kier molecular flexibility index (Phi) is 5.22. The first-order chi connectivity index (χ1) is 11.2. The molecule has 0 spiro atoms. The Morgan fingerprint density at radius 3 is 2.12 bits per heavy atom. The Labute approximate surface area is 142 Å². The third kappa shape index (κ3) is 4.31. The van der Waals surface area contributed by atoms with Crippen molar-refractivity contribution in [3.8, 4) is 0 Å². The molecule has 1 heterocycles. The number of ether oxygens (including phenoxy) is 1. The Bertz CT molecular complexity index is 640. The quantitative estimate of drug-likeness (QED) is 0.615. The summed E-state index contributed by atoms with van der Waals surface area (Å²) in [7, 11) is 0. The maximum absolute atomic E-state index is 12.3. The van der Waals surface area contributed by atoms with Gasteiger partial charge in [0.25, 0.3) is 11.8 Å². The molecule has 0 aliphatic carbocycles. The molecule has 5 nitrogen and oxygen atoms in total. The van der Waals surface area contributed by atoms with Crippen LogP contribution in [0.25, 0.3) is 0 Å². The smallest absolute Gasteiger partial charge is 0.309 e. The summed E-state index contributed by atoms with van der Waals surface area (Å²) >= 11 is 0. The average molecular weight is 329 g/mol. The van der Waals surface area contributed by atoms with Gasteiger partial charge in [-0.15, -0.1) is 0 Å². The number of nitrogens with zero attached hydrogens (tertiary/aromatic N) is 1. The van der Waals surface area contributed by atoms with Gasteiger partial charge in [-0.05, 0) is 32.8 Å². The van der Waals surface area contributed by atoms with Gasteiger partial charge >= 0.3 is 5.97 Å². The first-order valence-corrected chi connectivity index (χ1v) is 8.02. The molecule has 0 saturated heterocycles. The second-order valence-corrected chi connectivity index (χ2v) is 6.98. The molecular formula is C19H23NO4. The molecule has 2 unspecified atom stereocenters. The van der Waals surface area contributed by atoms with E-state index in [0.717, 1.165) is 5.56 Å². The van der Waals surface area contributed by atoms with Crippen LogP contribution in [0.4, 0.5) is 0 Å². The predicted octanol–water partition coefficient (Wildman–Crippen LogP) is 3.02. The average Bonchev–Trinajstić information content (AvgIpc) is 2.83. The largest absolute Gasteiger partial charge is 0.460 e. The number of benzene rings is 1. The minimum Gasteiger partial charge on any atom is -0.460 e. The summed E-state index contributed by atoms with van der Waals surface area (Å²) in [6.45, 7) is 7.18. The van der Waals surface area contributed by atoms with Gasteiger partial charge in [-0.1, -0.05) is 37.3 Å². The first-order valence-electron chi connectivity index (χ1n) is 8.02. The monoisotopic (exact) mass is 329 g/mol. The SMILES string of the molecule is CC(CC(c1ccccc1)N1C(=O)C=CC1=O)C(=O)OC(C)(C)C. The zero-order valence-corrected chi connectivity index (χ0v) is 14.5. The van der Waals surface area contributed by atoms with Crippen molar-refractivity contribution in [2.75, 3.05) is 0 Å². The summed E-state index contributed by atoms with van der Waals surface area (Å²) in [4.78, 5) is 37.6. The molecule has 0 aromatic heterocycles. The van der Waals surface area contributed by atoms with E-state index in [1.54, 1.807) is 6.92 Å². The van der Waals surface area contributed by atoms with Crippen LogP contribution in [0.1, 0.15) is 45.7 Å². The molecule has 0 N–H and O–H groups in total. The van der Waals surface area contributed by atoms with Gasteiger partial charge in [0.2, 0.25) is 0 Å². The van der Waals surface area contributed by atoms with E-state index in [1.807, 2.05) is 51.1 Å². The number of esters is 1. The van der Waals surface area contributed by atoms with Crippen molar-refractivity contribution in [3.63, 3.8) is 0 Å². The second-order valence-electron chi connectivity index (χ2n) is 6.98. The van der Waals surface area contributed by atoms with Crippen LogP contribution in [0.5, 0.6) is 0 Å². The summed E-state index contributed by atoms with van der Waals surface area (Å²) in [5.74, 6) is -1.50. The topological polar surface area (TPSA) is 63.7 Å². The molecule has 0 bridgehead atoms. The lowest BCUT2D eigenvalue weighted by Crippen LogP contribution is -2.37. The molecule has 24 heavy (non-hydrogen) atoms. The lowest BCUT2D eigenvalue weighted by Gasteiger charge is -2.29. The van der Waals surface area contributed by atoms with E-state index in [-0.39, 0.29) is 17.8 Å². The van der Waals surface area contributed by atoms with Crippen molar-refractivity contribution in [1.82, 2.24) is 4.90 Å². The third-order valence-corrected chi connectivity index (χ3v) is 3.73. The first kappa shape index (κ1) is 17.9. The lowest BCUT2D eigenvalue weighted by molar-refractivity contribution is -0.161. The van der Waals surface area contributed by atoms with Gasteiger partial charge in [-0.2, -0.15) is 0 Å². The lowest BCUT2D eigenvalue weighted by atomic mass is 9.94. The minimum absolute atomic E-state index is 0.318. The molecule has 2 rings (SSSR count). The van der Waals surface area contributed by atoms with Gasteiger partial charge in [-0.25, -0.2) is 0 Å². The minimum atomic E-state index is -0.575. The van der Waals surface area contributed by atoms with Gasteiger partial charge in [-0.3, -0.25) is 19.3 Å². The Hall–Kier alpha value is -2.43. The van der Waals surface area contributed by atoms with Crippen molar-refractivity contribution in [2.45, 2.75) is 45.8 Å². The highest BCUT2D eigenvalue weighted by molar-refractivity contribution is 6.13. The molecule has 0 saturated carbocycles. The van der Waals surface area contributed by atoms with Gasteiger partial charge < -0.3 is 4.74 Å². The fourth-order valence-electron chi connectivity index (χ4n) is 2.62. The summed E-state index contributed by atoms with van der Waals surface area (Å²) in [5.41, 5.74) is 0.243. The molecule has 128 valence electrons. The van der Waals surface area contributed by atoms with Crippen LogP contribution in [-0.2, 0) is 19.1 Å². The van der Waals surface area contributed by atoms with E-state index < -0.39 is 17.6 Å². The Morgan fingerprint density at radius 2 is 1.62 bits per heavy atom. The molecule has 1 aliphatic rings. The van der Waals surface area contributed by atoms with Crippen molar-refractivity contribution >= 4 is 17.8 Å². The summed E-state index contributed by atoms with van der Waals surface area (Å²) in [6.07, 6.45) is 2.84. The van der Waals surface area contributed by atoms with Gasteiger partial charge in [0.1, 0.15) is 5.60 Å². The second kappa shape index (κ2) is 6.99. The van der Waals surface area contributed by atoms with E-state index in [1.165, 1.54) is 17.1 Å². The van der Waals surface area contributed by atoms with Crippen LogP contribution in [0, 0.1) is 5.92 Å². The Balaban J connectivity index is 2.23. The summed E-state index contributed by atoms with van der Waals surface area (Å²) in [5, 5.41) is 0. The van der Waals surface area contributed by atoms with Crippen molar-refractivity contribution < 1.29 is 19.1 Å². The molecule has 2 amide bonds. The predicted molar refractivity (Wildman–Crippen MR) is 89.8 cm³/mol. The van der Waals surface area contributed by atoms with Crippen LogP contribution in [0.3, 0.4) is 0 Å². The molecule has 1 aromatic rings. The number of rotatable bonds is 5. The number of imide groups is 1. The maximum atomic E-state index is 12.3. The number of carbonyl (C=O) groups excluding carboxylic acids is 3. The Morgan fingerprint density at radius 1 is 1.08 bits per heavy atom. The fraction of sp³-hybridized carbons (Fsp3) is 0.421. The molecule has 0 radical (unpaired) electrons. The number of amides is 2.